The first-order valence-corrected chi connectivity index (χ1v) is 4.01. The summed E-state index contributed by atoms with van der Waals surface area (Å²) in [7, 11) is 0. The van der Waals surface area contributed by atoms with Gasteiger partial charge >= 0.3 is 0 Å². The molecule has 0 radical (unpaired) electrons. The second-order valence-corrected chi connectivity index (χ2v) is 3.83. The highest BCUT2D eigenvalue weighted by molar-refractivity contribution is 5.07. The van der Waals surface area contributed by atoms with Gasteiger partial charge < -0.3 is 5.73 Å². The molecule has 2 atom stereocenters. The van der Waals surface area contributed by atoms with Crippen molar-refractivity contribution in [3.05, 3.63) is 0 Å². The molecule has 2 unspecified atom stereocenters. The van der Waals surface area contributed by atoms with Gasteiger partial charge in [-0.1, -0.05) is 13.3 Å². The van der Waals surface area contributed by atoms with E-state index in [2.05, 4.69) is 6.92 Å². The summed E-state index contributed by atoms with van der Waals surface area (Å²) >= 11 is 0. The summed E-state index contributed by atoms with van der Waals surface area (Å²) in [6.07, 6.45) is 5.53. The zero-order chi connectivity index (χ0) is 6.48. The summed E-state index contributed by atoms with van der Waals surface area (Å²) in [4.78, 5) is 0. The van der Waals surface area contributed by atoms with Gasteiger partial charge in [0.05, 0.1) is 0 Å². The average molecular weight is 125 g/mol. The Bertz CT molecular complexity index is 117. The van der Waals surface area contributed by atoms with Crippen LogP contribution in [0.2, 0.25) is 0 Å². The van der Waals surface area contributed by atoms with Crippen molar-refractivity contribution in [1.82, 2.24) is 0 Å². The molecule has 9 heavy (non-hydrogen) atoms. The third-order valence-corrected chi connectivity index (χ3v) is 3.61. The van der Waals surface area contributed by atoms with Crippen molar-refractivity contribution >= 4 is 0 Å². The molecule has 1 spiro atoms. The van der Waals surface area contributed by atoms with Crippen LogP contribution in [0.4, 0.5) is 0 Å². The Labute approximate surface area is 56.6 Å². The van der Waals surface area contributed by atoms with E-state index >= 15 is 0 Å². The van der Waals surface area contributed by atoms with Crippen LogP contribution in [0, 0.1) is 11.3 Å². The van der Waals surface area contributed by atoms with Crippen molar-refractivity contribution in [2.24, 2.45) is 17.1 Å². The van der Waals surface area contributed by atoms with Crippen LogP contribution in [0.5, 0.6) is 0 Å². The van der Waals surface area contributed by atoms with E-state index in [0.29, 0.717) is 11.5 Å². The Kier molecular flexibility index (Phi) is 0.963. The molecule has 2 fully saturated rings. The van der Waals surface area contributed by atoms with Gasteiger partial charge in [0, 0.05) is 6.04 Å². The lowest BCUT2D eigenvalue weighted by molar-refractivity contribution is -0.0628. The summed E-state index contributed by atoms with van der Waals surface area (Å²) < 4.78 is 0. The van der Waals surface area contributed by atoms with E-state index in [1.807, 2.05) is 0 Å². The summed E-state index contributed by atoms with van der Waals surface area (Å²) in [5.41, 5.74) is 6.55. The largest absolute Gasteiger partial charge is 0.327 e. The molecule has 52 valence electrons. The molecule has 2 rings (SSSR count). The Morgan fingerprint density at radius 3 is 2.22 bits per heavy atom. The van der Waals surface area contributed by atoms with Crippen LogP contribution in [0.15, 0.2) is 0 Å². The van der Waals surface area contributed by atoms with E-state index in [1.165, 1.54) is 25.7 Å². The maximum Gasteiger partial charge on any atom is 0.0101 e. The maximum atomic E-state index is 5.91. The molecule has 2 saturated carbocycles. The molecule has 0 bridgehead atoms. The highest BCUT2D eigenvalue weighted by Gasteiger charge is 2.53. The van der Waals surface area contributed by atoms with Gasteiger partial charge in [0.25, 0.3) is 0 Å². The van der Waals surface area contributed by atoms with Gasteiger partial charge in [-0.2, -0.15) is 0 Å². The molecule has 0 saturated heterocycles. The second-order valence-electron chi connectivity index (χ2n) is 3.83. The van der Waals surface area contributed by atoms with Crippen LogP contribution in [-0.4, -0.2) is 6.04 Å². The van der Waals surface area contributed by atoms with Crippen LogP contribution in [-0.2, 0) is 0 Å². The van der Waals surface area contributed by atoms with E-state index in [0.717, 1.165) is 5.92 Å². The normalized spacial score (nSPS) is 46.0. The monoisotopic (exact) mass is 125 g/mol. The first kappa shape index (κ1) is 5.72. The van der Waals surface area contributed by atoms with Crippen molar-refractivity contribution in [1.29, 1.82) is 0 Å². The Hall–Kier alpha value is -0.0400. The van der Waals surface area contributed by atoms with Gasteiger partial charge in [-0.15, -0.1) is 0 Å². The minimum absolute atomic E-state index is 0.557. The number of rotatable bonds is 0. The van der Waals surface area contributed by atoms with Gasteiger partial charge in [0.2, 0.25) is 0 Å². The lowest BCUT2D eigenvalue weighted by atomic mass is 9.48. The molecule has 1 nitrogen and oxygen atoms in total. The van der Waals surface area contributed by atoms with E-state index in [4.69, 9.17) is 5.73 Å². The molecular formula is C8H15N. The van der Waals surface area contributed by atoms with Gasteiger partial charge in [-0.3, -0.25) is 0 Å². The minimum Gasteiger partial charge on any atom is -0.327 e. The van der Waals surface area contributed by atoms with Gasteiger partial charge in [0.15, 0.2) is 0 Å². The zero-order valence-electron chi connectivity index (χ0n) is 6.06. The van der Waals surface area contributed by atoms with Crippen LogP contribution in [0.3, 0.4) is 0 Å². The average Bonchev–Trinajstić information content (AvgIpc) is 1.60. The third-order valence-electron chi connectivity index (χ3n) is 3.61. The highest BCUT2D eigenvalue weighted by Crippen LogP contribution is 2.58. The SMILES string of the molecule is CC1CC(N)C12CCC2. The van der Waals surface area contributed by atoms with Gasteiger partial charge in [-0.05, 0) is 30.6 Å². The predicted octanol–water partition coefficient (Wildman–Crippen LogP) is 1.52. The molecule has 0 amide bonds. The van der Waals surface area contributed by atoms with Crippen LogP contribution in [0.1, 0.15) is 32.6 Å². The molecule has 2 aliphatic carbocycles. The van der Waals surface area contributed by atoms with E-state index in [9.17, 15) is 0 Å². The lowest BCUT2D eigenvalue weighted by Crippen LogP contribution is -2.60. The first-order valence-electron chi connectivity index (χ1n) is 4.01. The van der Waals surface area contributed by atoms with Crippen molar-refractivity contribution in [3.8, 4) is 0 Å². The first-order chi connectivity index (χ1) is 4.26. The van der Waals surface area contributed by atoms with Crippen LogP contribution < -0.4 is 5.73 Å². The number of nitrogens with two attached hydrogens (primary N) is 1. The predicted molar refractivity (Wildman–Crippen MR) is 38.0 cm³/mol. The molecule has 0 aliphatic heterocycles. The van der Waals surface area contributed by atoms with Gasteiger partial charge in [-0.25, -0.2) is 0 Å². The number of hydrogen-bond donors (Lipinski definition) is 1. The van der Waals surface area contributed by atoms with Crippen LogP contribution in [0.25, 0.3) is 0 Å². The topological polar surface area (TPSA) is 26.0 Å². The Morgan fingerprint density at radius 2 is 2.11 bits per heavy atom. The summed E-state index contributed by atoms with van der Waals surface area (Å²) in [6.45, 7) is 2.35. The highest BCUT2D eigenvalue weighted by atomic mass is 14.8. The minimum atomic E-state index is 0.557. The summed E-state index contributed by atoms with van der Waals surface area (Å²) in [5.74, 6) is 0.932. The number of hydrogen-bond acceptors (Lipinski definition) is 1. The molecule has 0 aromatic heterocycles. The molecule has 2 aliphatic rings. The summed E-state index contributed by atoms with van der Waals surface area (Å²) in [6, 6.07) is 0.557. The smallest absolute Gasteiger partial charge is 0.0101 e. The fourth-order valence-electron chi connectivity index (χ4n) is 2.50. The standard InChI is InChI=1S/C8H15N/c1-6-5-7(9)8(6)3-2-4-8/h6-7H,2-5,9H2,1H3. The molecule has 0 heterocycles. The van der Waals surface area contributed by atoms with E-state index in [1.54, 1.807) is 0 Å². The zero-order valence-corrected chi connectivity index (χ0v) is 6.06. The van der Waals surface area contributed by atoms with Crippen LogP contribution >= 0.6 is 0 Å². The molecular weight excluding hydrogens is 110 g/mol. The summed E-state index contributed by atoms with van der Waals surface area (Å²) in [5, 5.41) is 0. The molecule has 0 aromatic rings. The Morgan fingerprint density at radius 1 is 1.44 bits per heavy atom. The van der Waals surface area contributed by atoms with Crippen molar-refractivity contribution in [3.63, 3.8) is 0 Å². The van der Waals surface area contributed by atoms with Crippen molar-refractivity contribution < 1.29 is 0 Å². The molecule has 0 aromatic carbocycles. The quantitative estimate of drug-likeness (QED) is 0.522. The lowest BCUT2D eigenvalue weighted by Gasteiger charge is -2.59. The van der Waals surface area contributed by atoms with E-state index in [-0.39, 0.29) is 0 Å². The van der Waals surface area contributed by atoms with Crippen molar-refractivity contribution in [2.45, 2.75) is 38.6 Å². The van der Waals surface area contributed by atoms with Gasteiger partial charge in [0.1, 0.15) is 0 Å². The van der Waals surface area contributed by atoms with E-state index < -0.39 is 0 Å². The second kappa shape index (κ2) is 1.51. The van der Waals surface area contributed by atoms with Crippen molar-refractivity contribution in [2.75, 3.05) is 0 Å². The maximum absolute atomic E-state index is 5.91. The third kappa shape index (κ3) is 0.493. The fraction of sp³-hybridized carbons (Fsp3) is 1.00. The molecule has 1 heteroatoms. The fourth-order valence-corrected chi connectivity index (χ4v) is 2.50. The molecule has 2 N–H and O–H groups in total. The Balaban J connectivity index is 2.08.